The van der Waals surface area contributed by atoms with E-state index in [0.29, 0.717) is 0 Å². The molecule has 0 fully saturated rings. The normalized spacial score (nSPS) is 16.9. The summed E-state index contributed by atoms with van der Waals surface area (Å²) in [4.78, 5) is 0. The van der Waals surface area contributed by atoms with Crippen molar-refractivity contribution in [2.45, 2.75) is 44.8 Å². The highest BCUT2D eigenvalue weighted by Crippen LogP contribution is 2.27. The molecule has 1 N–H and O–H groups in total. The quantitative estimate of drug-likeness (QED) is 0.916. The maximum absolute atomic E-state index is 10.4. The average Bonchev–Trinajstić information content (AvgIpc) is 2.55. The van der Waals surface area contributed by atoms with Crippen LogP contribution in [0.3, 0.4) is 0 Å². The van der Waals surface area contributed by atoms with Crippen molar-refractivity contribution in [1.82, 2.24) is 0 Å². The van der Waals surface area contributed by atoms with Gasteiger partial charge in [0.05, 0.1) is 0 Å². The Kier molecular flexibility index (Phi) is 4.26. The number of aliphatic hydroxyl groups is 1. The van der Waals surface area contributed by atoms with Gasteiger partial charge >= 0.3 is 0 Å². The Bertz CT molecular complexity index is 592. The number of fused-ring (bicyclic) bond motifs is 1. The van der Waals surface area contributed by atoms with Crippen LogP contribution in [-0.4, -0.2) is 11.2 Å². The maximum atomic E-state index is 10.4. The molecule has 2 nitrogen and oxygen atoms in total. The predicted molar refractivity (Wildman–Crippen MR) is 84.6 cm³/mol. The van der Waals surface area contributed by atoms with Crippen molar-refractivity contribution in [3.8, 4) is 5.75 Å². The molecule has 0 heterocycles. The molecule has 0 saturated heterocycles. The Morgan fingerprint density at radius 1 is 0.952 bits per heavy atom. The van der Waals surface area contributed by atoms with Crippen LogP contribution >= 0.6 is 0 Å². The third-order valence-corrected chi connectivity index (χ3v) is 4.23. The van der Waals surface area contributed by atoms with E-state index in [2.05, 4.69) is 12.1 Å². The zero-order valence-corrected chi connectivity index (χ0v) is 12.5. The minimum Gasteiger partial charge on any atom is -0.488 e. The Hall–Kier alpha value is -1.80. The van der Waals surface area contributed by atoms with E-state index in [4.69, 9.17) is 4.74 Å². The summed E-state index contributed by atoms with van der Waals surface area (Å²) in [6.07, 6.45) is 3.99. The molecule has 110 valence electrons. The third-order valence-electron chi connectivity index (χ3n) is 4.23. The smallest absolute Gasteiger partial charge is 0.126 e. The van der Waals surface area contributed by atoms with Crippen LogP contribution in [0.5, 0.6) is 5.75 Å². The van der Waals surface area contributed by atoms with Crippen LogP contribution in [0.1, 0.15) is 42.6 Å². The molecule has 0 amide bonds. The molecule has 2 aromatic carbocycles. The number of benzene rings is 2. The van der Waals surface area contributed by atoms with E-state index in [0.717, 1.165) is 17.7 Å². The number of aryl methyl sites for hydroxylation is 2. The van der Waals surface area contributed by atoms with E-state index in [1.54, 1.807) is 0 Å². The summed E-state index contributed by atoms with van der Waals surface area (Å²) in [6, 6.07) is 16.0. The van der Waals surface area contributed by atoms with Crippen molar-refractivity contribution in [1.29, 1.82) is 0 Å². The van der Waals surface area contributed by atoms with Gasteiger partial charge in [0.15, 0.2) is 0 Å². The van der Waals surface area contributed by atoms with E-state index < -0.39 is 6.10 Å². The van der Waals surface area contributed by atoms with Crippen molar-refractivity contribution in [2.75, 3.05) is 0 Å². The van der Waals surface area contributed by atoms with E-state index in [9.17, 15) is 5.11 Å². The van der Waals surface area contributed by atoms with Gasteiger partial charge in [0, 0.05) is 0 Å². The molecule has 2 aromatic rings. The minimum absolute atomic E-state index is 0.269. The summed E-state index contributed by atoms with van der Waals surface area (Å²) in [5.74, 6) is 0.859. The summed E-state index contributed by atoms with van der Waals surface area (Å²) in [6.45, 7) is 1.91. The fraction of sp³-hybridized carbons (Fsp3) is 0.368. The zero-order valence-electron chi connectivity index (χ0n) is 12.5. The monoisotopic (exact) mass is 282 g/mol. The van der Waals surface area contributed by atoms with Crippen LogP contribution in [-0.2, 0) is 12.8 Å². The van der Waals surface area contributed by atoms with Crippen LogP contribution < -0.4 is 4.74 Å². The molecule has 2 unspecified atom stereocenters. The molecule has 2 heteroatoms. The van der Waals surface area contributed by atoms with Gasteiger partial charge in [-0.2, -0.15) is 0 Å². The van der Waals surface area contributed by atoms with Crippen LogP contribution in [0, 0.1) is 0 Å². The van der Waals surface area contributed by atoms with E-state index in [1.807, 2.05) is 43.3 Å². The number of ether oxygens (including phenoxy) is 1. The van der Waals surface area contributed by atoms with Crippen molar-refractivity contribution >= 4 is 0 Å². The second-order valence-electron chi connectivity index (χ2n) is 5.82. The first kappa shape index (κ1) is 14.2. The average molecular weight is 282 g/mol. The fourth-order valence-electron chi connectivity index (χ4n) is 2.98. The lowest BCUT2D eigenvalue weighted by Crippen LogP contribution is -2.21. The molecule has 2 atom stereocenters. The highest BCUT2D eigenvalue weighted by molar-refractivity contribution is 5.37. The Labute approximate surface area is 126 Å². The molecular formula is C19H22O2. The number of hydrogen-bond donors (Lipinski definition) is 1. The summed E-state index contributed by atoms with van der Waals surface area (Å²) in [7, 11) is 0. The summed E-state index contributed by atoms with van der Waals surface area (Å²) in [5, 5.41) is 10.4. The van der Waals surface area contributed by atoms with Gasteiger partial charge in [0.1, 0.15) is 18.0 Å². The van der Waals surface area contributed by atoms with Gasteiger partial charge in [-0.25, -0.2) is 0 Å². The summed E-state index contributed by atoms with van der Waals surface area (Å²) >= 11 is 0. The maximum Gasteiger partial charge on any atom is 0.126 e. The second-order valence-corrected chi connectivity index (χ2v) is 5.82. The molecule has 0 bridgehead atoms. The SMILES string of the molecule is CC(Oc1ccc2c(c1)CCCC2)C(O)c1ccccc1. The first-order valence-electron chi connectivity index (χ1n) is 7.75. The van der Waals surface area contributed by atoms with Crippen molar-refractivity contribution in [3.05, 3.63) is 65.2 Å². The van der Waals surface area contributed by atoms with E-state index in [1.165, 1.54) is 30.4 Å². The molecule has 0 aliphatic heterocycles. The number of hydrogen-bond acceptors (Lipinski definition) is 2. The van der Waals surface area contributed by atoms with Crippen LogP contribution in [0.15, 0.2) is 48.5 Å². The topological polar surface area (TPSA) is 29.5 Å². The molecule has 0 spiro atoms. The van der Waals surface area contributed by atoms with Crippen LogP contribution in [0.25, 0.3) is 0 Å². The molecule has 1 aliphatic rings. The van der Waals surface area contributed by atoms with Crippen LogP contribution in [0.2, 0.25) is 0 Å². The molecule has 21 heavy (non-hydrogen) atoms. The van der Waals surface area contributed by atoms with Gasteiger partial charge in [-0.05, 0) is 61.4 Å². The largest absolute Gasteiger partial charge is 0.488 e. The van der Waals surface area contributed by atoms with Gasteiger partial charge in [-0.1, -0.05) is 36.4 Å². The van der Waals surface area contributed by atoms with Gasteiger partial charge in [-0.3, -0.25) is 0 Å². The molecular weight excluding hydrogens is 260 g/mol. The Morgan fingerprint density at radius 3 is 2.43 bits per heavy atom. The standard InChI is InChI=1S/C19H22O2/c1-14(19(20)16-8-3-2-4-9-16)21-18-12-11-15-7-5-6-10-17(15)13-18/h2-4,8-9,11-14,19-20H,5-7,10H2,1H3. The van der Waals surface area contributed by atoms with Crippen molar-refractivity contribution in [3.63, 3.8) is 0 Å². The lowest BCUT2D eigenvalue weighted by Gasteiger charge is -2.22. The van der Waals surface area contributed by atoms with Gasteiger partial charge in [-0.15, -0.1) is 0 Å². The lowest BCUT2D eigenvalue weighted by atomic mass is 9.92. The molecule has 0 radical (unpaired) electrons. The van der Waals surface area contributed by atoms with Crippen molar-refractivity contribution in [2.24, 2.45) is 0 Å². The van der Waals surface area contributed by atoms with E-state index >= 15 is 0 Å². The minimum atomic E-state index is -0.609. The Balaban J connectivity index is 1.71. The number of rotatable bonds is 4. The van der Waals surface area contributed by atoms with Gasteiger partial charge < -0.3 is 9.84 Å². The highest BCUT2D eigenvalue weighted by atomic mass is 16.5. The van der Waals surface area contributed by atoms with E-state index in [-0.39, 0.29) is 6.10 Å². The zero-order chi connectivity index (χ0) is 14.7. The molecule has 0 aromatic heterocycles. The Morgan fingerprint density at radius 2 is 1.67 bits per heavy atom. The molecule has 1 aliphatic carbocycles. The number of aliphatic hydroxyl groups excluding tert-OH is 1. The highest BCUT2D eigenvalue weighted by Gasteiger charge is 2.18. The lowest BCUT2D eigenvalue weighted by molar-refractivity contribution is 0.0467. The first-order valence-corrected chi connectivity index (χ1v) is 7.75. The third kappa shape index (κ3) is 3.27. The summed E-state index contributed by atoms with van der Waals surface area (Å²) in [5.41, 5.74) is 3.74. The second kappa shape index (κ2) is 6.31. The first-order chi connectivity index (χ1) is 10.2. The van der Waals surface area contributed by atoms with Gasteiger partial charge in [0.25, 0.3) is 0 Å². The van der Waals surface area contributed by atoms with Gasteiger partial charge in [0.2, 0.25) is 0 Å². The predicted octanol–water partition coefficient (Wildman–Crippen LogP) is 4.07. The summed E-state index contributed by atoms with van der Waals surface area (Å²) < 4.78 is 5.95. The molecule has 0 saturated carbocycles. The van der Waals surface area contributed by atoms with Crippen LogP contribution in [0.4, 0.5) is 0 Å². The molecule has 3 rings (SSSR count). The van der Waals surface area contributed by atoms with Crippen molar-refractivity contribution < 1.29 is 9.84 Å². The fourth-order valence-corrected chi connectivity index (χ4v) is 2.98.